The molecule has 1 heterocycles. The topological polar surface area (TPSA) is 41.7 Å². The average molecular weight is 243 g/mol. The molecule has 0 amide bonds. The number of ether oxygens (including phenoxy) is 1. The number of nitrogens with zero attached hydrogens (tertiary/aromatic N) is 2. The van der Waals surface area contributed by atoms with Crippen LogP contribution in [0.25, 0.3) is 0 Å². The van der Waals surface area contributed by atoms with Gasteiger partial charge in [-0.25, -0.2) is 0 Å². The predicted molar refractivity (Wildman–Crippen MR) is 72.2 cm³/mol. The second-order valence-electron chi connectivity index (χ2n) is 5.59. The summed E-state index contributed by atoms with van der Waals surface area (Å²) < 4.78 is 5.54. The van der Waals surface area contributed by atoms with Gasteiger partial charge in [-0.2, -0.15) is 0 Å². The maximum Gasteiger partial charge on any atom is 0.0547 e. The normalized spacial score (nSPS) is 25.1. The van der Waals surface area contributed by atoms with E-state index in [1.165, 1.54) is 6.42 Å². The van der Waals surface area contributed by atoms with E-state index in [1.54, 1.807) is 0 Å². The van der Waals surface area contributed by atoms with Crippen molar-refractivity contribution in [2.75, 3.05) is 60.0 Å². The van der Waals surface area contributed by atoms with Crippen LogP contribution in [-0.2, 0) is 4.74 Å². The van der Waals surface area contributed by atoms with Gasteiger partial charge in [0.2, 0.25) is 0 Å². The second kappa shape index (κ2) is 7.31. The van der Waals surface area contributed by atoms with Crippen LogP contribution in [0.4, 0.5) is 0 Å². The SMILES string of the molecule is CCCN(CCN(C)C)CC1(CN)CCOC1. The Labute approximate surface area is 106 Å². The molecule has 0 aliphatic carbocycles. The van der Waals surface area contributed by atoms with Crippen molar-refractivity contribution in [3.05, 3.63) is 0 Å². The lowest BCUT2D eigenvalue weighted by Crippen LogP contribution is -2.45. The van der Waals surface area contributed by atoms with Crippen LogP contribution in [0.2, 0.25) is 0 Å². The van der Waals surface area contributed by atoms with E-state index >= 15 is 0 Å². The molecule has 0 aromatic rings. The monoisotopic (exact) mass is 243 g/mol. The highest BCUT2D eigenvalue weighted by atomic mass is 16.5. The van der Waals surface area contributed by atoms with Crippen LogP contribution in [0.3, 0.4) is 0 Å². The third-order valence-corrected chi connectivity index (χ3v) is 3.58. The molecule has 1 saturated heterocycles. The smallest absolute Gasteiger partial charge is 0.0547 e. The van der Waals surface area contributed by atoms with Crippen molar-refractivity contribution in [1.82, 2.24) is 9.80 Å². The number of hydrogen-bond donors (Lipinski definition) is 1. The van der Waals surface area contributed by atoms with Crippen LogP contribution < -0.4 is 5.73 Å². The summed E-state index contributed by atoms with van der Waals surface area (Å²) in [6, 6.07) is 0. The third kappa shape index (κ3) is 4.92. The van der Waals surface area contributed by atoms with Crippen LogP contribution in [0.5, 0.6) is 0 Å². The number of rotatable bonds is 8. The van der Waals surface area contributed by atoms with Gasteiger partial charge in [0.25, 0.3) is 0 Å². The zero-order chi connectivity index (χ0) is 12.7. The van der Waals surface area contributed by atoms with Crippen LogP contribution in [0.15, 0.2) is 0 Å². The van der Waals surface area contributed by atoms with Crippen molar-refractivity contribution in [3.63, 3.8) is 0 Å². The Morgan fingerprint density at radius 3 is 2.47 bits per heavy atom. The van der Waals surface area contributed by atoms with Crippen LogP contribution in [-0.4, -0.2) is 69.8 Å². The Hall–Kier alpha value is -0.160. The lowest BCUT2D eigenvalue weighted by atomic mass is 9.86. The molecule has 0 bridgehead atoms. The summed E-state index contributed by atoms with van der Waals surface area (Å²) >= 11 is 0. The van der Waals surface area contributed by atoms with Gasteiger partial charge in [-0.1, -0.05) is 6.92 Å². The molecule has 1 atom stereocenters. The minimum atomic E-state index is 0.210. The first-order valence-corrected chi connectivity index (χ1v) is 6.77. The standard InChI is InChI=1S/C13H29N3O/c1-4-6-16(8-7-15(2)3)11-13(10-14)5-9-17-12-13/h4-12,14H2,1-3H3. The molecule has 0 aromatic heterocycles. The highest BCUT2D eigenvalue weighted by Gasteiger charge is 2.35. The van der Waals surface area contributed by atoms with E-state index in [0.717, 1.165) is 52.4 Å². The molecule has 0 radical (unpaired) electrons. The zero-order valence-corrected chi connectivity index (χ0v) is 11.7. The first kappa shape index (κ1) is 14.9. The fraction of sp³-hybridized carbons (Fsp3) is 1.00. The van der Waals surface area contributed by atoms with Crippen molar-refractivity contribution < 1.29 is 4.74 Å². The van der Waals surface area contributed by atoms with Gasteiger partial charge >= 0.3 is 0 Å². The minimum Gasteiger partial charge on any atom is -0.381 e. The Bertz CT molecular complexity index is 203. The summed E-state index contributed by atoms with van der Waals surface area (Å²) in [5.74, 6) is 0. The molecule has 4 heteroatoms. The summed E-state index contributed by atoms with van der Waals surface area (Å²) in [6.45, 7) is 9.19. The van der Waals surface area contributed by atoms with Crippen LogP contribution in [0, 0.1) is 5.41 Å². The Morgan fingerprint density at radius 2 is 2.00 bits per heavy atom. The Balaban J connectivity index is 2.46. The summed E-state index contributed by atoms with van der Waals surface area (Å²) in [5, 5.41) is 0. The summed E-state index contributed by atoms with van der Waals surface area (Å²) in [6.07, 6.45) is 2.32. The van der Waals surface area contributed by atoms with Crippen molar-refractivity contribution >= 4 is 0 Å². The Kier molecular flexibility index (Phi) is 6.41. The summed E-state index contributed by atoms with van der Waals surface area (Å²) in [7, 11) is 4.25. The first-order chi connectivity index (χ1) is 8.12. The molecule has 4 nitrogen and oxygen atoms in total. The predicted octanol–water partition coefficient (Wildman–Crippen LogP) is 0.625. The molecule has 2 N–H and O–H groups in total. The molecule has 0 spiro atoms. The molecular weight excluding hydrogens is 214 g/mol. The molecule has 0 aromatic carbocycles. The third-order valence-electron chi connectivity index (χ3n) is 3.58. The average Bonchev–Trinajstić information content (AvgIpc) is 2.75. The maximum absolute atomic E-state index is 5.95. The number of nitrogens with two attached hydrogens (primary N) is 1. The van der Waals surface area contributed by atoms with Gasteiger partial charge in [-0.15, -0.1) is 0 Å². The van der Waals surface area contributed by atoms with Gasteiger partial charge in [0.05, 0.1) is 6.61 Å². The van der Waals surface area contributed by atoms with E-state index in [1.807, 2.05) is 0 Å². The van der Waals surface area contributed by atoms with Gasteiger partial charge in [-0.3, -0.25) is 0 Å². The lowest BCUT2D eigenvalue weighted by Gasteiger charge is -2.33. The minimum absolute atomic E-state index is 0.210. The van der Waals surface area contributed by atoms with Crippen LogP contribution in [0.1, 0.15) is 19.8 Å². The highest BCUT2D eigenvalue weighted by molar-refractivity contribution is 4.87. The van der Waals surface area contributed by atoms with E-state index < -0.39 is 0 Å². The van der Waals surface area contributed by atoms with Gasteiger partial charge < -0.3 is 20.3 Å². The van der Waals surface area contributed by atoms with Gasteiger partial charge in [0.1, 0.15) is 0 Å². The second-order valence-corrected chi connectivity index (χ2v) is 5.59. The van der Waals surface area contributed by atoms with E-state index in [9.17, 15) is 0 Å². The van der Waals surface area contributed by atoms with Gasteiger partial charge in [0, 0.05) is 38.2 Å². The van der Waals surface area contributed by atoms with Crippen LogP contribution >= 0.6 is 0 Å². The van der Waals surface area contributed by atoms with E-state index in [0.29, 0.717) is 0 Å². The summed E-state index contributed by atoms with van der Waals surface area (Å²) in [4.78, 5) is 4.78. The van der Waals surface area contributed by atoms with Gasteiger partial charge in [0.15, 0.2) is 0 Å². The lowest BCUT2D eigenvalue weighted by molar-refractivity contribution is 0.110. The Morgan fingerprint density at radius 1 is 1.24 bits per heavy atom. The van der Waals surface area contributed by atoms with Crippen molar-refractivity contribution in [1.29, 1.82) is 0 Å². The van der Waals surface area contributed by atoms with Gasteiger partial charge in [-0.05, 0) is 33.5 Å². The van der Waals surface area contributed by atoms with Crippen molar-refractivity contribution in [2.24, 2.45) is 11.1 Å². The molecule has 1 aliphatic heterocycles. The molecule has 1 unspecified atom stereocenters. The molecule has 1 fully saturated rings. The zero-order valence-electron chi connectivity index (χ0n) is 11.7. The van der Waals surface area contributed by atoms with Crippen molar-refractivity contribution in [3.8, 4) is 0 Å². The largest absolute Gasteiger partial charge is 0.381 e. The maximum atomic E-state index is 5.95. The summed E-state index contributed by atoms with van der Waals surface area (Å²) in [5.41, 5.74) is 6.16. The quantitative estimate of drug-likeness (QED) is 0.679. The van der Waals surface area contributed by atoms with E-state index in [4.69, 9.17) is 10.5 Å². The van der Waals surface area contributed by atoms with Crippen molar-refractivity contribution in [2.45, 2.75) is 19.8 Å². The number of hydrogen-bond acceptors (Lipinski definition) is 4. The molecule has 102 valence electrons. The fourth-order valence-electron chi connectivity index (χ4n) is 2.40. The molecular formula is C13H29N3O. The molecule has 0 saturated carbocycles. The first-order valence-electron chi connectivity index (χ1n) is 6.77. The molecule has 1 aliphatic rings. The fourth-order valence-corrected chi connectivity index (χ4v) is 2.40. The molecule has 1 rings (SSSR count). The molecule has 17 heavy (non-hydrogen) atoms. The number of likely N-dealkylation sites (N-methyl/N-ethyl adjacent to an activating group) is 1. The van der Waals surface area contributed by atoms with E-state index in [-0.39, 0.29) is 5.41 Å². The highest BCUT2D eigenvalue weighted by Crippen LogP contribution is 2.28. The van der Waals surface area contributed by atoms with E-state index in [2.05, 4.69) is 30.8 Å².